The van der Waals surface area contributed by atoms with Gasteiger partial charge in [-0.15, -0.1) is 0 Å². The number of hydrogen-bond acceptors (Lipinski definition) is 4. The first kappa shape index (κ1) is 20.2. The van der Waals surface area contributed by atoms with E-state index in [1.54, 1.807) is 6.20 Å². The minimum absolute atomic E-state index is 0.130. The first-order valence-corrected chi connectivity index (χ1v) is 10.8. The molecule has 4 heterocycles. The number of fused-ring (bicyclic) bond motifs is 2. The number of halogens is 1. The van der Waals surface area contributed by atoms with Gasteiger partial charge in [0.25, 0.3) is 0 Å². The lowest BCUT2D eigenvalue weighted by Gasteiger charge is -2.17. The highest BCUT2D eigenvalue weighted by Gasteiger charge is 2.17. The average molecular weight is 429 g/mol. The van der Waals surface area contributed by atoms with Crippen LogP contribution >= 0.6 is 0 Å². The third-order valence-corrected chi connectivity index (χ3v) is 5.72. The highest BCUT2D eigenvalue weighted by atomic mass is 19.1. The van der Waals surface area contributed by atoms with Gasteiger partial charge < -0.3 is 10.3 Å². The van der Waals surface area contributed by atoms with Gasteiger partial charge in [0.1, 0.15) is 11.6 Å². The van der Waals surface area contributed by atoms with Gasteiger partial charge >= 0.3 is 0 Å². The lowest BCUT2D eigenvalue weighted by atomic mass is 10.1. The van der Waals surface area contributed by atoms with Crippen LogP contribution in [-0.2, 0) is 6.42 Å². The molecule has 5 aromatic rings. The molecule has 0 aliphatic carbocycles. The normalized spacial score (nSPS) is 12.7. The van der Waals surface area contributed by atoms with Crippen LogP contribution in [0.2, 0.25) is 0 Å². The minimum Gasteiger partial charge on any atom is -0.367 e. The van der Waals surface area contributed by atoms with Crippen molar-refractivity contribution in [2.75, 3.05) is 5.32 Å². The summed E-state index contributed by atoms with van der Waals surface area (Å²) in [6, 6.07) is 11.8. The summed E-state index contributed by atoms with van der Waals surface area (Å²) in [7, 11) is 0. The molecule has 162 valence electrons. The Labute approximate surface area is 185 Å². The quantitative estimate of drug-likeness (QED) is 0.370. The number of para-hydroxylation sites is 1. The van der Waals surface area contributed by atoms with E-state index in [-0.39, 0.29) is 17.8 Å². The summed E-state index contributed by atoms with van der Waals surface area (Å²) in [4.78, 5) is 12.1. The molecule has 0 unspecified atom stereocenters. The van der Waals surface area contributed by atoms with E-state index in [0.717, 1.165) is 29.0 Å². The van der Waals surface area contributed by atoms with Crippen LogP contribution in [0, 0.1) is 5.82 Å². The fraction of sp³-hybridized carbons (Fsp3) is 0.240. The zero-order valence-electron chi connectivity index (χ0n) is 18.3. The van der Waals surface area contributed by atoms with E-state index in [9.17, 15) is 4.39 Å². The summed E-state index contributed by atoms with van der Waals surface area (Å²) < 4.78 is 15.7. The number of benzene rings is 1. The molecule has 1 aromatic carbocycles. The van der Waals surface area contributed by atoms with Crippen LogP contribution < -0.4 is 5.32 Å². The molecular weight excluding hydrogens is 403 g/mol. The van der Waals surface area contributed by atoms with Crippen molar-refractivity contribution in [1.82, 2.24) is 24.6 Å². The van der Waals surface area contributed by atoms with Crippen LogP contribution in [0.25, 0.3) is 27.8 Å². The highest BCUT2D eigenvalue weighted by Crippen LogP contribution is 2.28. The Morgan fingerprint density at radius 1 is 1.09 bits per heavy atom. The maximum absolute atomic E-state index is 13.8. The number of anilines is 1. The maximum Gasteiger partial charge on any atom is 0.161 e. The molecule has 0 fully saturated rings. The van der Waals surface area contributed by atoms with Crippen molar-refractivity contribution >= 4 is 22.4 Å². The molecule has 0 radical (unpaired) electrons. The Morgan fingerprint density at radius 3 is 2.75 bits per heavy atom. The van der Waals surface area contributed by atoms with Gasteiger partial charge in [-0.05, 0) is 37.0 Å². The molecule has 0 aliphatic heterocycles. The number of aromatic amines is 1. The second-order valence-electron chi connectivity index (χ2n) is 8.52. The van der Waals surface area contributed by atoms with E-state index in [1.807, 2.05) is 22.8 Å². The smallest absolute Gasteiger partial charge is 0.161 e. The molecule has 1 atom stereocenters. The van der Waals surface area contributed by atoms with Gasteiger partial charge in [0.05, 0.1) is 18.1 Å². The predicted octanol–water partition coefficient (Wildman–Crippen LogP) is 5.58. The van der Waals surface area contributed by atoms with E-state index >= 15 is 0 Å². The lowest BCUT2D eigenvalue weighted by Crippen LogP contribution is -2.20. The van der Waals surface area contributed by atoms with E-state index < -0.39 is 0 Å². The number of pyridine rings is 1. The first-order valence-electron chi connectivity index (χ1n) is 10.8. The molecule has 2 N–H and O–H groups in total. The number of nitrogens with zero attached hydrogens (tertiary/aromatic N) is 4. The molecule has 0 saturated heterocycles. The van der Waals surface area contributed by atoms with Gasteiger partial charge in [0.2, 0.25) is 0 Å². The molecule has 4 aromatic heterocycles. The molecule has 0 amide bonds. The minimum atomic E-state index is -0.385. The Balaban J connectivity index is 1.53. The van der Waals surface area contributed by atoms with E-state index in [4.69, 9.17) is 4.98 Å². The van der Waals surface area contributed by atoms with Crippen molar-refractivity contribution in [3.05, 3.63) is 78.1 Å². The Kier molecular flexibility index (Phi) is 5.09. The molecule has 0 saturated carbocycles. The van der Waals surface area contributed by atoms with Crippen LogP contribution in [-0.4, -0.2) is 30.6 Å². The average Bonchev–Trinajstić information content (AvgIpc) is 3.38. The number of nitrogens with one attached hydrogen (secondary N) is 2. The molecule has 5 rings (SSSR count). The van der Waals surface area contributed by atoms with Crippen molar-refractivity contribution in [2.45, 2.75) is 39.2 Å². The highest BCUT2D eigenvalue weighted by molar-refractivity contribution is 5.83. The molecular formula is C25H25FN6. The Morgan fingerprint density at radius 2 is 1.94 bits per heavy atom. The SMILES string of the molecule is CC(C)c1cnn2c(N[C@H](C)Cc3c[nH]c4ccccc34)cc(-c3cncc(F)c3)nc12. The van der Waals surface area contributed by atoms with Gasteiger partial charge in [0.15, 0.2) is 5.65 Å². The standard InChI is InChI=1S/C25H25FN6/c1-15(2)21-14-29-32-24(10-23(31-25(21)32)18-9-19(26)13-27-11-18)30-16(3)8-17-12-28-22-7-5-4-6-20(17)22/h4-7,9-16,28,30H,8H2,1-3H3/t16-/m1/s1. The van der Waals surface area contributed by atoms with Crippen molar-refractivity contribution in [2.24, 2.45) is 0 Å². The second-order valence-corrected chi connectivity index (χ2v) is 8.52. The van der Waals surface area contributed by atoms with Crippen molar-refractivity contribution in [3.8, 4) is 11.3 Å². The van der Waals surface area contributed by atoms with E-state index in [0.29, 0.717) is 11.3 Å². The van der Waals surface area contributed by atoms with Gasteiger partial charge in [0, 0.05) is 46.5 Å². The number of H-pyrrole nitrogens is 1. The Hall–Kier alpha value is -3.74. The van der Waals surface area contributed by atoms with Crippen LogP contribution in [0.3, 0.4) is 0 Å². The summed E-state index contributed by atoms with van der Waals surface area (Å²) in [5.74, 6) is 0.690. The van der Waals surface area contributed by atoms with Gasteiger partial charge in [-0.1, -0.05) is 32.0 Å². The summed E-state index contributed by atoms with van der Waals surface area (Å²) >= 11 is 0. The van der Waals surface area contributed by atoms with Gasteiger partial charge in [-0.2, -0.15) is 9.61 Å². The molecule has 0 bridgehead atoms. The molecule has 6 nitrogen and oxygen atoms in total. The summed E-state index contributed by atoms with van der Waals surface area (Å²) in [5.41, 5.74) is 5.50. The largest absolute Gasteiger partial charge is 0.367 e. The van der Waals surface area contributed by atoms with Crippen LogP contribution in [0.4, 0.5) is 10.2 Å². The van der Waals surface area contributed by atoms with Crippen molar-refractivity contribution in [1.29, 1.82) is 0 Å². The number of rotatable bonds is 6. The molecule has 0 aliphatic rings. The number of aromatic nitrogens is 5. The zero-order valence-corrected chi connectivity index (χ0v) is 18.3. The van der Waals surface area contributed by atoms with Crippen LogP contribution in [0.15, 0.2) is 61.2 Å². The summed E-state index contributed by atoms with van der Waals surface area (Å²) in [6.45, 7) is 6.37. The fourth-order valence-corrected chi connectivity index (χ4v) is 4.12. The fourth-order valence-electron chi connectivity index (χ4n) is 4.12. The first-order chi connectivity index (χ1) is 15.5. The third kappa shape index (κ3) is 3.70. The number of hydrogen-bond donors (Lipinski definition) is 2. The van der Waals surface area contributed by atoms with Crippen molar-refractivity contribution < 1.29 is 4.39 Å². The Bertz CT molecular complexity index is 1400. The van der Waals surface area contributed by atoms with Crippen LogP contribution in [0.5, 0.6) is 0 Å². The molecule has 32 heavy (non-hydrogen) atoms. The van der Waals surface area contributed by atoms with E-state index in [2.05, 4.69) is 65.6 Å². The summed E-state index contributed by atoms with van der Waals surface area (Å²) in [6.07, 6.45) is 7.59. The lowest BCUT2D eigenvalue weighted by molar-refractivity contribution is 0.622. The van der Waals surface area contributed by atoms with Gasteiger partial charge in [-0.3, -0.25) is 4.98 Å². The topological polar surface area (TPSA) is 70.9 Å². The monoisotopic (exact) mass is 428 g/mol. The predicted molar refractivity (Wildman–Crippen MR) is 125 cm³/mol. The van der Waals surface area contributed by atoms with Gasteiger partial charge in [-0.25, -0.2) is 9.37 Å². The van der Waals surface area contributed by atoms with Crippen molar-refractivity contribution in [3.63, 3.8) is 0 Å². The molecule has 7 heteroatoms. The van der Waals surface area contributed by atoms with E-state index in [1.165, 1.54) is 23.2 Å². The maximum atomic E-state index is 13.8. The van der Waals surface area contributed by atoms with Crippen LogP contribution in [0.1, 0.15) is 37.8 Å². The second kappa shape index (κ2) is 8.07. The zero-order chi connectivity index (χ0) is 22.2. The third-order valence-electron chi connectivity index (χ3n) is 5.72. The molecule has 0 spiro atoms. The summed E-state index contributed by atoms with van der Waals surface area (Å²) in [5, 5.41) is 9.42.